The van der Waals surface area contributed by atoms with E-state index in [1.165, 1.54) is 0 Å². The Morgan fingerprint density at radius 3 is 2.50 bits per heavy atom. The lowest BCUT2D eigenvalue weighted by Crippen LogP contribution is -2.20. The van der Waals surface area contributed by atoms with Crippen LogP contribution in [0.15, 0.2) is 29.1 Å². The van der Waals surface area contributed by atoms with Crippen LogP contribution in [0.3, 0.4) is 0 Å². The van der Waals surface area contributed by atoms with Gasteiger partial charge in [0.2, 0.25) is 5.91 Å². The van der Waals surface area contributed by atoms with E-state index in [-0.39, 0.29) is 17.9 Å². The Bertz CT molecular complexity index is 956. The van der Waals surface area contributed by atoms with Crippen molar-refractivity contribution in [3.05, 3.63) is 57.0 Å². The number of hydrogen-bond acceptors (Lipinski definition) is 4. The van der Waals surface area contributed by atoms with Crippen LogP contribution in [0.25, 0.3) is 0 Å². The van der Waals surface area contributed by atoms with E-state index >= 15 is 0 Å². The Hall–Kier alpha value is -3.60. The molecule has 26 heavy (non-hydrogen) atoms. The van der Waals surface area contributed by atoms with Crippen molar-refractivity contribution in [1.29, 1.82) is 5.26 Å². The molecule has 3 amide bonds. The van der Waals surface area contributed by atoms with Crippen molar-refractivity contribution in [2.75, 3.05) is 10.6 Å². The number of carbonyl (C=O) groups is 2. The van der Waals surface area contributed by atoms with Crippen molar-refractivity contribution in [1.82, 2.24) is 4.98 Å². The molecule has 1 heterocycles. The second kappa shape index (κ2) is 7.98. The number of pyridine rings is 1. The van der Waals surface area contributed by atoms with Gasteiger partial charge in [0.15, 0.2) is 0 Å². The third kappa shape index (κ3) is 4.48. The molecule has 134 valence electrons. The number of anilines is 2. The highest BCUT2D eigenvalue weighted by Crippen LogP contribution is 2.17. The number of aryl methyl sites for hydroxylation is 1. The number of nitrogens with two attached hydrogens (primary N) is 1. The van der Waals surface area contributed by atoms with E-state index in [2.05, 4.69) is 15.6 Å². The minimum atomic E-state index is -0.689. The third-order valence-electron chi connectivity index (χ3n) is 3.94. The van der Waals surface area contributed by atoms with Gasteiger partial charge in [-0.05, 0) is 49.6 Å². The van der Waals surface area contributed by atoms with Gasteiger partial charge in [0.25, 0.3) is 5.56 Å². The Morgan fingerprint density at radius 1 is 1.23 bits per heavy atom. The van der Waals surface area contributed by atoms with E-state index in [1.54, 1.807) is 38.1 Å². The Labute approximate surface area is 150 Å². The maximum atomic E-state index is 12.2. The molecular weight excluding hydrogens is 334 g/mol. The van der Waals surface area contributed by atoms with Crippen molar-refractivity contribution in [3.8, 4) is 6.07 Å². The molecule has 0 radical (unpaired) electrons. The second-order valence-corrected chi connectivity index (χ2v) is 5.79. The van der Waals surface area contributed by atoms with Crippen molar-refractivity contribution >= 4 is 23.3 Å². The van der Waals surface area contributed by atoms with Crippen LogP contribution in [0.2, 0.25) is 0 Å². The summed E-state index contributed by atoms with van der Waals surface area (Å²) in [5.41, 5.74) is 7.72. The molecule has 8 heteroatoms. The fraction of sp³-hybridized carbons (Fsp3) is 0.222. The molecule has 1 aromatic carbocycles. The number of H-pyrrole nitrogens is 1. The van der Waals surface area contributed by atoms with Gasteiger partial charge in [-0.25, -0.2) is 4.79 Å². The van der Waals surface area contributed by atoms with Crippen LogP contribution in [0, 0.1) is 25.2 Å². The van der Waals surface area contributed by atoms with Gasteiger partial charge in [-0.15, -0.1) is 0 Å². The van der Waals surface area contributed by atoms with Crippen LogP contribution in [-0.2, 0) is 11.2 Å². The molecule has 2 aromatic rings. The van der Waals surface area contributed by atoms with Gasteiger partial charge in [-0.1, -0.05) is 6.07 Å². The SMILES string of the molecule is Cc1[nH]c(=O)c(C#N)c(C)c1CCC(=O)Nc1cccc(NC(N)=O)c1. The third-order valence-corrected chi connectivity index (χ3v) is 3.94. The van der Waals surface area contributed by atoms with Crippen molar-refractivity contribution in [3.63, 3.8) is 0 Å². The zero-order valence-electron chi connectivity index (χ0n) is 14.5. The molecule has 8 nitrogen and oxygen atoms in total. The van der Waals surface area contributed by atoms with E-state index in [4.69, 9.17) is 11.0 Å². The van der Waals surface area contributed by atoms with E-state index in [1.807, 2.05) is 6.07 Å². The molecule has 0 aliphatic carbocycles. The summed E-state index contributed by atoms with van der Waals surface area (Å²) in [6, 6.07) is 7.81. The van der Waals surface area contributed by atoms with Crippen LogP contribution in [0.5, 0.6) is 0 Å². The summed E-state index contributed by atoms with van der Waals surface area (Å²) in [4.78, 5) is 37.5. The highest BCUT2D eigenvalue weighted by molar-refractivity contribution is 5.93. The van der Waals surface area contributed by atoms with Crippen molar-refractivity contribution < 1.29 is 9.59 Å². The van der Waals surface area contributed by atoms with Gasteiger partial charge in [0.1, 0.15) is 11.6 Å². The predicted molar refractivity (Wildman–Crippen MR) is 97.9 cm³/mol. The molecule has 0 fully saturated rings. The second-order valence-electron chi connectivity index (χ2n) is 5.79. The van der Waals surface area contributed by atoms with E-state index in [9.17, 15) is 14.4 Å². The lowest BCUT2D eigenvalue weighted by Gasteiger charge is -2.11. The molecule has 5 N–H and O–H groups in total. The number of benzene rings is 1. The number of nitrogens with zero attached hydrogens (tertiary/aromatic N) is 1. The van der Waals surface area contributed by atoms with Crippen LogP contribution >= 0.6 is 0 Å². The van der Waals surface area contributed by atoms with Crippen molar-refractivity contribution in [2.24, 2.45) is 5.73 Å². The van der Waals surface area contributed by atoms with Crippen LogP contribution in [0.1, 0.15) is 28.8 Å². The zero-order valence-corrected chi connectivity index (χ0v) is 14.5. The fourth-order valence-electron chi connectivity index (χ4n) is 2.70. The highest BCUT2D eigenvalue weighted by atomic mass is 16.2. The number of rotatable bonds is 5. The summed E-state index contributed by atoms with van der Waals surface area (Å²) in [6.07, 6.45) is 0.556. The summed E-state index contributed by atoms with van der Waals surface area (Å²) < 4.78 is 0. The number of amides is 3. The lowest BCUT2D eigenvalue weighted by molar-refractivity contribution is -0.116. The quantitative estimate of drug-likeness (QED) is 0.651. The average Bonchev–Trinajstić information content (AvgIpc) is 2.54. The molecule has 0 spiro atoms. The summed E-state index contributed by atoms with van der Waals surface area (Å²) in [5.74, 6) is -0.232. The number of primary amides is 1. The van der Waals surface area contributed by atoms with Gasteiger partial charge < -0.3 is 21.4 Å². The molecule has 0 unspecified atom stereocenters. The van der Waals surface area contributed by atoms with Gasteiger partial charge in [0, 0.05) is 23.5 Å². The Balaban J connectivity index is 2.07. The Kier molecular flexibility index (Phi) is 5.75. The van der Waals surface area contributed by atoms with Gasteiger partial charge in [-0.2, -0.15) is 5.26 Å². The van der Waals surface area contributed by atoms with Crippen LogP contribution in [-0.4, -0.2) is 16.9 Å². The first-order valence-corrected chi connectivity index (χ1v) is 7.90. The molecule has 0 aliphatic rings. The molecule has 0 saturated heterocycles. The first-order valence-electron chi connectivity index (χ1n) is 7.90. The van der Waals surface area contributed by atoms with Crippen molar-refractivity contribution in [2.45, 2.75) is 26.7 Å². The number of carbonyl (C=O) groups excluding carboxylic acids is 2. The first kappa shape index (κ1) is 18.7. The van der Waals surface area contributed by atoms with Gasteiger partial charge in [-0.3, -0.25) is 9.59 Å². The van der Waals surface area contributed by atoms with Crippen LogP contribution < -0.4 is 21.9 Å². The van der Waals surface area contributed by atoms with E-state index < -0.39 is 11.6 Å². The summed E-state index contributed by atoms with van der Waals surface area (Å²) >= 11 is 0. The summed E-state index contributed by atoms with van der Waals surface area (Å²) in [6.45, 7) is 3.44. The maximum absolute atomic E-state index is 12.2. The topological polar surface area (TPSA) is 141 Å². The first-order chi connectivity index (χ1) is 12.3. The number of hydrogen-bond donors (Lipinski definition) is 4. The number of nitrogens with one attached hydrogen (secondary N) is 3. The molecular formula is C18H19N5O3. The number of aromatic amines is 1. The largest absolute Gasteiger partial charge is 0.351 e. The van der Waals surface area contributed by atoms with E-state index in [0.717, 1.165) is 5.56 Å². The Morgan fingerprint density at radius 2 is 1.88 bits per heavy atom. The minimum Gasteiger partial charge on any atom is -0.351 e. The summed E-state index contributed by atoms with van der Waals surface area (Å²) in [7, 11) is 0. The highest BCUT2D eigenvalue weighted by Gasteiger charge is 2.13. The molecule has 0 aliphatic heterocycles. The zero-order chi connectivity index (χ0) is 19.3. The summed E-state index contributed by atoms with van der Waals surface area (Å²) in [5, 5.41) is 14.3. The standard InChI is InChI=1S/C18H19N5O3/c1-10-14(11(2)21-17(25)15(10)9-19)6-7-16(24)22-12-4-3-5-13(8-12)23-18(20)26/h3-5,8H,6-7H2,1-2H3,(H,21,25)(H,22,24)(H3,20,23,26). The van der Waals surface area contributed by atoms with Gasteiger partial charge >= 0.3 is 6.03 Å². The predicted octanol–water partition coefficient (Wildman–Crippen LogP) is 1.93. The molecule has 0 bridgehead atoms. The van der Waals surface area contributed by atoms with E-state index in [0.29, 0.717) is 29.1 Å². The molecule has 2 rings (SSSR count). The number of urea groups is 1. The lowest BCUT2D eigenvalue weighted by atomic mass is 9.99. The number of nitriles is 1. The fourth-order valence-corrected chi connectivity index (χ4v) is 2.70. The normalized spacial score (nSPS) is 10.0. The van der Waals surface area contributed by atoms with Crippen LogP contribution in [0.4, 0.5) is 16.2 Å². The monoisotopic (exact) mass is 353 g/mol. The number of aromatic nitrogens is 1. The maximum Gasteiger partial charge on any atom is 0.316 e. The molecule has 1 aromatic heterocycles. The average molecular weight is 353 g/mol. The molecule has 0 atom stereocenters. The smallest absolute Gasteiger partial charge is 0.316 e. The molecule has 0 saturated carbocycles. The minimum absolute atomic E-state index is 0.0660. The van der Waals surface area contributed by atoms with Gasteiger partial charge in [0.05, 0.1) is 0 Å².